The zero-order valence-corrected chi connectivity index (χ0v) is 10.5. The summed E-state index contributed by atoms with van der Waals surface area (Å²) < 4.78 is 2.08. The number of rotatable bonds is 1. The first-order valence-corrected chi connectivity index (χ1v) is 6.20. The van der Waals surface area contributed by atoms with Gasteiger partial charge in [0.1, 0.15) is 0 Å². The van der Waals surface area contributed by atoms with Crippen molar-refractivity contribution in [3.8, 4) is 0 Å². The fraction of sp³-hybridized carbons (Fsp3) is 0.308. The van der Waals surface area contributed by atoms with Crippen LogP contribution in [0.15, 0.2) is 30.5 Å². The molecule has 1 saturated heterocycles. The van der Waals surface area contributed by atoms with Crippen LogP contribution in [-0.4, -0.2) is 22.3 Å². The Labute approximate surface area is 105 Å². The molecule has 1 fully saturated rings. The van der Waals surface area contributed by atoms with Crippen LogP contribution in [0.25, 0.3) is 10.9 Å². The van der Waals surface area contributed by atoms with E-state index < -0.39 is 0 Å². The Morgan fingerprint density at radius 2 is 2.18 bits per heavy atom. The largest absolute Gasteiger partial charge is 0.351 e. The molecule has 3 nitrogen and oxygen atoms in total. The zero-order chi connectivity index (χ0) is 12.0. The molecular weight excluding hydrogens is 232 g/mol. The molecule has 2 heterocycles. The monoisotopic (exact) mass is 246 g/mol. The van der Waals surface area contributed by atoms with Gasteiger partial charge in [-0.3, -0.25) is 4.79 Å². The normalized spacial score (nSPS) is 20.5. The Bertz CT molecular complexity index is 590. The fourth-order valence-electron chi connectivity index (χ4n) is 2.38. The van der Waals surface area contributed by atoms with Crippen molar-refractivity contribution in [2.45, 2.75) is 11.7 Å². The number of benzene rings is 1. The summed E-state index contributed by atoms with van der Waals surface area (Å²) in [7, 11) is 2.02. The van der Waals surface area contributed by atoms with Gasteiger partial charge in [0.15, 0.2) is 0 Å². The van der Waals surface area contributed by atoms with Crippen LogP contribution < -0.4 is 4.90 Å². The Kier molecular flexibility index (Phi) is 2.40. The number of hydrogen-bond donors (Lipinski definition) is 1. The first kappa shape index (κ1) is 10.7. The lowest BCUT2D eigenvalue weighted by Gasteiger charge is -2.16. The molecule has 1 atom stereocenters. The molecule has 4 heteroatoms. The van der Waals surface area contributed by atoms with Crippen molar-refractivity contribution in [2.75, 3.05) is 11.4 Å². The number of aryl methyl sites for hydroxylation is 1. The summed E-state index contributed by atoms with van der Waals surface area (Å²) in [4.78, 5) is 13.6. The highest BCUT2D eigenvalue weighted by molar-refractivity contribution is 7.81. The second kappa shape index (κ2) is 3.81. The topological polar surface area (TPSA) is 25.2 Å². The first-order valence-electron chi connectivity index (χ1n) is 5.68. The highest BCUT2D eigenvalue weighted by Crippen LogP contribution is 2.27. The molecule has 0 bridgehead atoms. The van der Waals surface area contributed by atoms with Crippen molar-refractivity contribution in [1.82, 2.24) is 4.57 Å². The van der Waals surface area contributed by atoms with Gasteiger partial charge in [-0.05, 0) is 24.3 Å². The maximum Gasteiger partial charge on any atom is 0.228 e. The van der Waals surface area contributed by atoms with Gasteiger partial charge in [-0.1, -0.05) is 0 Å². The average molecular weight is 246 g/mol. The molecule has 1 aliphatic heterocycles. The van der Waals surface area contributed by atoms with Gasteiger partial charge in [-0.15, -0.1) is 0 Å². The van der Waals surface area contributed by atoms with Crippen LogP contribution in [0.5, 0.6) is 0 Å². The van der Waals surface area contributed by atoms with E-state index in [2.05, 4.69) is 35.4 Å². The molecular formula is C13H14N2OS. The minimum atomic E-state index is 0.161. The van der Waals surface area contributed by atoms with Gasteiger partial charge >= 0.3 is 0 Å². The third kappa shape index (κ3) is 1.72. The molecule has 2 aromatic rings. The van der Waals surface area contributed by atoms with Gasteiger partial charge < -0.3 is 9.47 Å². The molecule has 0 spiro atoms. The molecule has 1 unspecified atom stereocenters. The van der Waals surface area contributed by atoms with E-state index >= 15 is 0 Å². The summed E-state index contributed by atoms with van der Waals surface area (Å²) in [6, 6.07) is 8.20. The summed E-state index contributed by atoms with van der Waals surface area (Å²) in [5, 5.41) is 1.33. The smallest absolute Gasteiger partial charge is 0.228 e. The molecule has 1 amide bonds. The highest BCUT2D eigenvalue weighted by Gasteiger charge is 2.28. The summed E-state index contributed by atoms with van der Waals surface area (Å²) >= 11 is 4.37. The number of anilines is 1. The van der Waals surface area contributed by atoms with Crippen molar-refractivity contribution < 1.29 is 4.79 Å². The van der Waals surface area contributed by atoms with E-state index in [9.17, 15) is 4.79 Å². The number of amides is 1. The van der Waals surface area contributed by atoms with Gasteiger partial charge in [-0.25, -0.2) is 0 Å². The molecule has 1 aliphatic rings. The molecule has 88 valence electrons. The van der Waals surface area contributed by atoms with E-state index in [4.69, 9.17) is 0 Å². The van der Waals surface area contributed by atoms with Gasteiger partial charge in [0.2, 0.25) is 5.91 Å². The summed E-state index contributed by atoms with van der Waals surface area (Å²) in [5.74, 6) is 0.167. The lowest BCUT2D eigenvalue weighted by Crippen LogP contribution is -2.24. The number of nitrogens with zero attached hydrogens (tertiary/aromatic N) is 2. The minimum Gasteiger partial charge on any atom is -0.351 e. The lowest BCUT2D eigenvalue weighted by molar-refractivity contribution is -0.117. The predicted octanol–water partition coefficient (Wildman–Crippen LogP) is 2.21. The number of fused-ring (bicyclic) bond motifs is 1. The van der Waals surface area contributed by atoms with E-state index in [-0.39, 0.29) is 11.2 Å². The number of carbonyl (C=O) groups is 1. The maximum atomic E-state index is 11.8. The van der Waals surface area contributed by atoms with Crippen molar-refractivity contribution in [3.05, 3.63) is 30.5 Å². The standard InChI is InChI=1S/C13H14N2OS/c1-14-5-4-9-6-10(2-3-12(9)14)15-8-11(17)7-13(15)16/h2-6,11,17H,7-8H2,1H3. The number of aromatic nitrogens is 1. The summed E-state index contributed by atoms with van der Waals surface area (Å²) in [6.45, 7) is 0.709. The quantitative estimate of drug-likeness (QED) is 0.767. The van der Waals surface area contributed by atoms with Crippen LogP contribution in [0.2, 0.25) is 0 Å². The number of carbonyl (C=O) groups excluding carboxylic acids is 1. The van der Waals surface area contributed by atoms with E-state index in [1.54, 1.807) is 0 Å². The second-order valence-corrected chi connectivity index (χ2v) is 5.26. The van der Waals surface area contributed by atoms with Gasteiger partial charge in [0.05, 0.1) is 0 Å². The van der Waals surface area contributed by atoms with Gasteiger partial charge in [0, 0.05) is 48.1 Å². The van der Waals surface area contributed by atoms with Crippen molar-refractivity contribution in [1.29, 1.82) is 0 Å². The molecule has 0 radical (unpaired) electrons. The Morgan fingerprint density at radius 3 is 2.88 bits per heavy atom. The molecule has 1 aromatic heterocycles. The van der Waals surface area contributed by atoms with Crippen LogP contribution in [0.3, 0.4) is 0 Å². The Morgan fingerprint density at radius 1 is 1.35 bits per heavy atom. The van der Waals surface area contributed by atoms with Crippen LogP contribution in [-0.2, 0) is 11.8 Å². The van der Waals surface area contributed by atoms with Crippen molar-refractivity contribution in [2.24, 2.45) is 7.05 Å². The molecule has 0 saturated carbocycles. The highest BCUT2D eigenvalue weighted by atomic mass is 32.1. The number of hydrogen-bond acceptors (Lipinski definition) is 2. The van der Waals surface area contributed by atoms with E-state index in [1.165, 1.54) is 10.9 Å². The Balaban J connectivity index is 2.03. The zero-order valence-electron chi connectivity index (χ0n) is 9.63. The molecule has 3 rings (SSSR count). The van der Waals surface area contributed by atoms with E-state index in [1.807, 2.05) is 24.2 Å². The third-order valence-electron chi connectivity index (χ3n) is 3.29. The molecule has 1 aromatic carbocycles. The van der Waals surface area contributed by atoms with Gasteiger partial charge in [-0.2, -0.15) is 12.6 Å². The average Bonchev–Trinajstić information content (AvgIpc) is 2.82. The van der Waals surface area contributed by atoms with E-state index in [0.29, 0.717) is 13.0 Å². The van der Waals surface area contributed by atoms with Crippen LogP contribution in [0.1, 0.15) is 6.42 Å². The maximum absolute atomic E-state index is 11.8. The number of thiol groups is 1. The van der Waals surface area contributed by atoms with Crippen molar-refractivity contribution >= 4 is 35.1 Å². The van der Waals surface area contributed by atoms with Gasteiger partial charge in [0.25, 0.3) is 0 Å². The van der Waals surface area contributed by atoms with Crippen molar-refractivity contribution in [3.63, 3.8) is 0 Å². The minimum absolute atomic E-state index is 0.161. The predicted molar refractivity (Wildman–Crippen MR) is 72.7 cm³/mol. The SMILES string of the molecule is Cn1ccc2cc(N3CC(S)CC3=O)ccc21. The van der Waals surface area contributed by atoms with Crippen LogP contribution in [0.4, 0.5) is 5.69 Å². The molecule has 0 N–H and O–H groups in total. The van der Waals surface area contributed by atoms with Crippen LogP contribution >= 0.6 is 12.6 Å². The first-order chi connectivity index (χ1) is 8.15. The lowest BCUT2D eigenvalue weighted by atomic mass is 10.2. The van der Waals surface area contributed by atoms with E-state index in [0.717, 1.165) is 5.69 Å². The second-order valence-electron chi connectivity index (χ2n) is 4.53. The molecule has 17 heavy (non-hydrogen) atoms. The summed E-state index contributed by atoms with van der Waals surface area (Å²) in [6.07, 6.45) is 2.57. The van der Waals surface area contributed by atoms with Crippen LogP contribution in [0, 0.1) is 0 Å². The summed E-state index contributed by atoms with van der Waals surface area (Å²) in [5.41, 5.74) is 2.16. The molecule has 0 aliphatic carbocycles. The Hall–Kier alpha value is -1.42. The third-order valence-corrected chi connectivity index (χ3v) is 3.63. The fourth-order valence-corrected chi connectivity index (χ4v) is 2.69.